The smallest absolute Gasteiger partial charge is 0.267 e. The molecule has 0 atom stereocenters. The highest BCUT2D eigenvalue weighted by atomic mass is 79.9. The van der Waals surface area contributed by atoms with E-state index >= 15 is 0 Å². The lowest BCUT2D eigenvalue weighted by molar-refractivity contribution is 0.103. The minimum Gasteiger partial charge on any atom is -0.296 e. The topological polar surface area (TPSA) is 54.9 Å². The molecule has 2 aromatic heterocycles. The van der Waals surface area contributed by atoms with Gasteiger partial charge in [-0.3, -0.25) is 10.1 Å². The highest BCUT2D eigenvalue weighted by molar-refractivity contribution is 9.13. The van der Waals surface area contributed by atoms with Crippen molar-refractivity contribution in [2.75, 3.05) is 5.32 Å². The van der Waals surface area contributed by atoms with Crippen LogP contribution < -0.4 is 5.32 Å². The highest BCUT2D eigenvalue weighted by Crippen LogP contribution is 2.33. The van der Waals surface area contributed by atoms with E-state index in [2.05, 4.69) is 59.5 Å². The van der Waals surface area contributed by atoms with E-state index in [9.17, 15) is 4.79 Å². The van der Waals surface area contributed by atoms with Gasteiger partial charge in [-0.25, -0.2) is 0 Å². The lowest BCUT2D eigenvalue weighted by Crippen LogP contribution is -2.09. The van der Waals surface area contributed by atoms with Crippen LogP contribution in [0, 0.1) is 0 Å². The normalized spacial score (nSPS) is 10.7. The monoisotopic (exact) mass is 489 g/mol. The van der Waals surface area contributed by atoms with E-state index in [-0.39, 0.29) is 5.91 Å². The van der Waals surface area contributed by atoms with Crippen LogP contribution in [0.1, 0.15) is 15.2 Å². The molecule has 0 radical (unpaired) electrons. The third-order valence-corrected chi connectivity index (χ3v) is 8.00. The lowest BCUT2D eigenvalue weighted by atomic mass is 10.2. The van der Waals surface area contributed by atoms with E-state index in [1.54, 1.807) is 17.8 Å². The molecule has 3 rings (SSSR count). The summed E-state index contributed by atoms with van der Waals surface area (Å²) in [5.74, 6) is 0.644. The van der Waals surface area contributed by atoms with Crippen LogP contribution in [0.25, 0.3) is 0 Å². The van der Waals surface area contributed by atoms with Gasteiger partial charge >= 0.3 is 0 Å². The van der Waals surface area contributed by atoms with Gasteiger partial charge in [0.25, 0.3) is 5.91 Å². The molecule has 1 amide bonds. The number of anilines is 1. The summed E-state index contributed by atoms with van der Waals surface area (Å²) >= 11 is 11.1. The second-order valence-electron chi connectivity index (χ2n) is 4.33. The quantitative estimate of drug-likeness (QED) is 0.369. The molecular formula is C14H9Br2N3OS3. The van der Waals surface area contributed by atoms with Crippen molar-refractivity contribution >= 4 is 77.3 Å². The van der Waals surface area contributed by atoms with Crippen LogP contribution in [0.2, 0.25) is 0 Å². The number of amides is 1. The van der Waals surface area contributed by atoms with E-state index in [0.29, 0.717) is 10.0 Å². The van der Waals surface area contributed by atoms with E-state index in [4.69, 9.17) is 0 Å². The Hall–Kier alpha value is -0.740. The summed E-state index contributed by atoms with van der Waals surface area (Å²) in [6.07, 6.45) is 0. The summed E-state index contributed by atoms with van der Waals surface area (Å²) in [7, 11) is 0. The number of nitrogens with zero attached hydrogens (tertiary/aromatic N) is 2. The molecule has 0 spiro atoms. The van der Waals surface area contributed by atoms with Crippen molar-refractivity contribution in [1.29, 1.82) is 0 Å². The molecule has 1 aromatic carbocycles. The molecule has 0 aliphatic carbocycles. The Morgan fingerprint density at radius 1 is 1.17 bits per heavy atom. The molecular weight excluding hydrogens is 482 g/mol. The van der Waals surface area contributed by atoms with Gasteiger partial charge in [0.15, 0.2) is 4.34 Å². The summed E-state index contributed by atoms with van der Waals surface area (Å²) in [5, 5.41) is 11.4. The van der Waals surface area contributed by atoms with Gasteiger partial charge in [-0.05, 0) is 43.5 Å². The number of hydrogen-bond donors (Lipinski definition) is 1. The molecule has 4 nitrogen and oxygen atoms in total. The Balaban J connectivity index is 1.59. The largest absolute Gasteiger partial charge is 0.296 e. The highest BCUT2D eigenvalue weighted by Gasteiger charge is 2.14. The molecule has 3 aromatic rings. The van der Waals surface area contributed by atoms with Crippen molar-refractivity contribution in [3.63, 3.8) is 0 Å². The lowest BCUT2D eigenvalue weighted by Gasteiger charge is -1.97. The summed E-state index contributed by atoms with van der Waals surface area (Å²) in [4.78, 5) is 12.8. The van der Waals surface area contributed by atoms with Crippen molar-refractivity contribution in [3.8, 4) is 0 Å². The summed E-state index contributed by atoms with van der Waals surface area (Å²) < 4.78 is 2.58. The summed E-state index contributed by atoms with van der Waals surface area (Å²) in [5.41, 5.74) is 1.23. The zero-order chi connectivity index (χ0) is 16.2. The second kappa shape index (κ2) is 7.89. The number of benzene rings is 1. The van der Waals surface area contributed by atoms with Crippen LogP contribution in [-0.4, -0.2) is 16.1 Å². The number of carbonyl (C=O) groups excluding carboxylic acids is 1. The van der Waals surface area contributed by atoms with Gasteiger partial charge in [-0.1, -0.05) is 53.4 Å². The van der Waals surface area contributed by atoms with Gasteiger partial charge in [0.1, 0.15) is 0 Å². The average Bonchev–Trinajstić information content (AvgIpc) is 3.13. The molecule has 9 heteroatoms. The van der Waals surface area contributed by atoms with Crippen LogP contribution in [0.5, 0.6) is 0 Å². The standard InChI is InChI=1S/C14H9Br2N3OS3/c15-9-6-10(22-11(9)16)12(20)17-13-18-19-14(23-13)21-7-8-4-2-1-3-5-8/h1-6H,7H2,(H,17,18,20). The van der Waals surface area contributed by atoms with Crippen LogP contribution in [0.4, 0.5) is 5.13 Å². The number of halogens is 2. The molecule has 2 heterocycles. The van der Waals surface area contributed by atoms with Crippen molar-refractivity contribution in [1.82, 2.24) is 10.2 Å². The zero-order valence-electron chi connectivity index (χ0n) is 11.5. The number of thiophene rings is 1. The molecule has 0 unspecified atom stereocenters. The minimum atomic E-state index is -0.183. The maximum Gasteiger partial charge on any atom is 0.267 e. The molecule has 1 N–H and O–H groups in total. The number of carbonyl (C=O) groups is 1. The summed E-state index contributed by atoms with van der Waals surface area (Å²) in [6.45, 7) is 0. The van der Waals surface area contributed by atoms with Gasteiger partial charge in [-0.15, -0.1) is 21.5 Å². The fourth-order valence-corrected chi connectivity index (χ4v) is 5.29. The SMILES string of the molecule is O=C(Nc1nnc(SCc2ccccc2)s1)c1cc(Br)c(Br)s1. The third kappa shape index (κ3) is 4.63. The third-order valence-electron chi connectivity index (χ3n) is 2.70. The van der Waals surface area contributed by atoms with Crippen LogP contribution >= 0.6 is 66.3 Å². The first-order valence-electron chi connectivity index (χ1n) is 6.38. The first-order chi connectivity index (χ1) is 11.1. The molecule has 0 aliphatic rings. The Morgan fingerprint density at radius 2 is 1.96 bits per heavy atom. The Kier molecular flexibility index (Phi) is 5.86. The molecule has 118 valence electrons. The van der Waals surface area contributed by atoms with Crippen LogP contribution in [0.3, 0.4) is 0 Å². The van der Waals surface area contributed by atoms with E-state index in [1.807, 2.05) is 18.2 Å². The van der Waals surface area contributed by atoms with Gasteiger partial charge < -0.3 is 0 Å². The first-order valence-corrected chi connectivity index (χ1v) is 10.6. The van der Waals surface area contributed by atoms with Crippen molar-refractivity contribution in [3.05, 3.63) is 55.1 Å². The number of thioether (sulfide) groups is 1. The number of hydrogen-bond acceptors (Lipinski definition) is 6. The van der Waals surface area contributed by atoms with Crippen molar-refractivity contribution < 1.29 is 4.79 Å². The number of rotatable bonds is 5. The maximum absolute atomic E-state index is 12.2. The van der Waals surface area contributed by atoms with Gasteiger partial charge in [0.05, 0.1) is 8.66 Å². The molecule has 0 fully saturated rings. The average molecular weight is 491 g/mol. The predicted molar refractivity (Wildman–Crippen MR) is 104 cm³/mol. The van der Waals surface area contributed by atoms with Gasteiger partial charge in [-0.2, -0.15) is 0 Å². The molecule has 0 saturated heterocycles. The molecule has 0 saturated carbocycles. The van der Waals surface area contributed by atoms with E-state index < -0.39 is 0 Å². The molecule has 23 heavy (non-hydrogen) atoms. The Bertz CT molecular complexity index is 800. The maximum atomic E-state index is 12.2. The van der Waals surface area contributed by atoms with Gasteiger partial charge in [0.2, 0.25) is 5.13 Å². The van der Waals surface area contributed by atoms with E-state index in [1.165, 1.54) is 28.2 Å². The fourth-order valence-electron chi connectivity index (χ4n) is 1.66. The van der Waals surface area contributed by atoms with Gasteiger partial charge in [0, 0.05) is 10.2 Å². The van der Waals surface area contributed by atoms with Crippen molar-refractivity contribution in [2.24, 2.45) is 0 Å². The Labute approximate surface area is 162 Å². The fraction of sp³-hybridized carbons (Fsp3) is 0.0714. The van der Waals surface area contributed by atoms with Crippen molar-refractivity contribution in [2.45, 2.75) is 10.1 Å². The molecule has 0 bridgehead atoms. The zero-order valence-corrected chi connectivity index (χ0v) is 17.1. The van der Waals surface area contributed by atoms with Crippen LogP contribution in [-0.2, 0) is 5.75 Å². The van der Waals surface area contributed by atoms with Crippen LogP contribution in [0.15, 0.2) is 49.0 Å². The first kappa shape index (κ1) is 17.1. The number of aromatic nitrogens is 2. The van der Waals surface area contributed by atoms with E-state index in [0.717, 1.165) is 18.4 Å². The Morgan fingerprint density at radius 3 is 2.65 bits per heavy atom. The minimum absolute atomic E-state index is 0.183. The summed E-state index contributed by atoms with van der Waals surface area (Å²) in [6, 6.07) is 11.9. The predicted octanol–water partition coefficient (Wildman–Crippen LogP) is 5.67. The molecule has 0 aliphatic heterocycles. The number of nitrogens with one attached hydrogen (secondary N) is 1. The second-order valence-corrected chi connectivity index (χ2v) is 9.76.